The fourth-order valence-electron chi connectivity index (χ4n) is 2.32. The van der Waals surface area contributed by atoms with Crippen LogP contribution in [0.4, 0.5) is 0 Å². The Balaban J connectivity index is 2.14. The molecule has 0 aliphatic carbocycles. The van der Waals surface area contributed by atoms with E-state index in [1.54, 1.807) is 0 Å². The zero-order valence-corrected chi connectivity index (χ0v) is 12.4. The van der Waals surface area contributed by atoms with E-state index in [9.17, 15) is 0 Å². The molecule has 0 amide bonds. The summed E-state index contributed by atoms with van der Waals surface area (Å²) >= 11 is 13.5. The minimum Gasteiger partial charge on any atom is -0.365 e. The van der Waals surface area contributed by atoms with Crippen molar-refractivity contribution in [2.75, 3.05) is 13.1 Å². The first-order valence-electron chi connectivity index (χ1n) is 5.87. The lowest BCUT2D eigenvalue weighted by Gasteiger charge is -2.39. The van der Waals surface area contributed by atoms with Crippen LogP contribution in [0.2, 0.25) is 8.67 Å². The van der Waals surface area contributed by atoms with Crippen LogP contribution in [0.25, 0.3) is 0 Å². The van der Waals surface area contributed by atoms with Gasteiger partial charge in [-0.3, -0.25) is 0 Å². The second-order valence-corrected chi connectivity index (χ2v) is 7.00. The van der Waals surface area contributed by atoms with Crippen molar-refractivity contribution >= 4 is 34.5 Å². The number of thiophene rings is 1. The molecule has 1 aliphatic rings. The van der Waals surface area contributed by atoms with E-state index in [1.165, 1.54) is 11.3 Å². The van der Waals surface area contributed by atoms with E-state index in [-0.39, 0.29) is 11.7 Å². The van der Waals surface area contributed by atoms with Crippen molar-refractivity contribution in [1.82, 2.24) is 5.32 Å². The molecule has 0 aromatic carbocycles. The normalized spacial score (nSPS) is 29.5. The fraction of sp³-hybridized carbons (Fsp3) is 0.667. The van der Waals surface area contributed by atoms with E-state index in [0.717, 1.165) is 40.2 Å². The quantitative estimate of drug-likeness (QED) is 0.898. The van der Waals surface area contributed by atoms with Gasteiger partial charge in [0.15, 0.2) is 0 Å². The van der Waals surface area contributed by atoms with Crippen LogP contribution in [0.15, 0.2) is 6.07 Å². The van der Waals surface area contributed by atoms with Gasteiger partial charge in [0.25, 0.3) is 0 Å². The van der Waals surface area contributed by atoms with Gasteiger partial charge in [0, 0.05) is 18.7 Å². The van der Waals surface area contributed by atoms with Crippen molar-refractivity contribution in [2.24, 2.45) is 0 Å². The number of rotatable bonds is 3. The summed E-state index contributed by atoms with van der Waals surface area (Å²) in [6, 6.07) is 1.92. The van der Waals surface area contributed by atoms with Crippen molar-refractivity contribution in [3.63, 3.8) is 0 Å². The predicted octanol–water partition coefficient (Wildman–Crippen LogP) is 4.27. The predicted molar refractivity (Wildman–Crippen MR) is 74.3 cm³/mol. The molecule has 1 N–H and O–H groups in total. The van der Waals surface area contributed by atoms with Gasteiger partial charge in [-0.15, -0.1) is 11.3 Å². The highest BCUT2D eigenvalue weighted by molar-refractivity contribution is 7.20. The Morgan fingerprint density at radius 2 is 2.35 bits per heavy atom. The van der Waals surface area contributed by atoms with Crippen LogP contribution in [-0.2, 0) is 4.74 Å². The molecule has 0 radical (unpaired) electrons. The molecule has 0 spiro atoms. The van der Waals surface area contributed by atoms with Crippen LogP contribution in [0.1, 0.15) is 38.4 Å². The molecular weight excluding hydrogens is 277 g/mol. The molecule has 1 aliphatic heterocycles. The Labute approximate surface area is 116 Å². The van der Waals surface area contributed by atoms with Crippen molar-refractivity contribution in [3.05, 3.63) is 20.3 Å². The first kappa shape index (κ1) is 13.6. The highest BCUT2D eigenvalue weighted by atomic mass is 35.5. The third-order valence-corrected chi connectivity index (χ3v) is 4.58. The molecule has 1 aromatic rings. The van der Waals surface area contributed by atoms with Gasteiger partial charge in [-0.05, 0) is 19.4 Å². The van der Waals surface area contributed by atoms with E-state index in [1.807, 2.05) is 6.07 Å². The maximum Gasteiger partial charge on any atom is 0.100 e. The van der Waals surface area contributed by atoms with E-state index in [2.05, 4.69) is 19.2 Å². The zero-order valence-electron chi connectivity index (χ0n) is 10.1. The third kappa shape index (κ3) is 3.15. The van der Waals surface area contributed by atoms with E-state index in [4.69, 9.17) is 27.9 Å². The second kappa shape index (κ2) is 5.45. The molecule has 2 nitrogen and oxygen atoms in total. The van der Waals surface area contributed by atoms with Crippen molar-refractivity contribution < 1.29 is 4.74 Å². The van der Waals surface area contributed by atoms with Crippen LogP contribution >= 0.6 is 34.5 Å². The molecule has 2 atom stereocenters. The van der Waals surface area contributed by atoms with Crippen LogP contribution < -0.4 is 5.32 Å². The maximum atomic E-state index is 6.20. The smallest absolute Gasteiger partial charge is 0.100 e. The van der Waals surface area contributed by atoms with Gasteiger partial charge in [0.1, 0.15) is 4.34 Å². The SMILES string of the molecule is CCCC1(C)CNCC(c2cc(Cl)sc2Cl)O1. The average Bonchev–Trinajstić information content (AvgIpc) is 2.58. The number of halogens is 2. The number of nitrogens with one attached hydrogen (secondary N) is 1. The second-order valence-electron chi connectivity index (χ2n) is 4.72. The molecule has 1 fully saturated rings. The third-order valence-electron chi connectivity index (χ3n) is 3.06. The molecule has 5 heteroatoms. The standard InChI is InChI=1S/C12H17Cl2NOS/c1-3-4-12(2)7-15-6-9(16-12)8-5-10(13)17-11(8)14/h5,9,15H,3-4,6-7H2,1-2H3. The Morgan fingerprint density at radius 3 is 2.94 bits per heavy atom. The number of hydrogen-bond donors (Lipinski definition) is 1. The first-order chi connectivity index (χ1) is 8.04. The topological polar surface area (TPSA) is 21.3 Å². The summed E-state index contributed by atoms with van der Waals surface area (Å²) in [6.45, 7) is 6.02. The summed E-state index contributed by atoms with van der Waals surface area (Å²) in [5, 5.41) is 3.42. The molecular formula is C12H17Cl2NOS. The highest BCUT2D eigenvalue weighted by Gasteiger charge is 2.34. The molecule has 0 bridgehead atoms. The van der Waals surface area contributed by atoms with Gasteiger partial charge < -0.3 is 10.1 Å². The molecule has 1 aromatic heterocycles. The number of morpholine rings is 1. The lowest BCUT2D eigenvalue weighted by atomic mass is 9.97. The largest absolute Gasteiger partial charge is 0.365 e. The molecule has 2 unspecified atom stereocenters. The molecule has 0 saturated carbocycles. The summed E-state index contributed by atoms with van der Waals surface area (Å²) in [4.78, 5) is 0. The molecule has 96 valence electrons. The van der Waals surface area contributed by atoms with Crippen molar-refractivity contribution in [2.45, 2.75) is 38.4 Å². The summed E-state index contributed by atoms with van der Waals surface area (Å²) in [7, 11) is 0. The summed E-state index contributed by atoms with van der Waals surface area (Å²) < 4.78 is 7.65. The highest BCUT2D eigenvalue weighted by Crippen LogP contribution is 2.39. The van der Waals surface area contributed by atoms with Gasteiger partial charge in [-0.1, -0.05) is 36.5 Å². The molecule has 2 heterocycles. The van der Waals surface area contributed by atoms with Crippen LogP contribution in [-0.4, -0.2) is 18.7 Å². The Kier molecular flexibility index (Phi) is 4.37. The molecule has 1 saturated heterocycles. The van der Waals surface area contributed by atoms with Gasteiger partial charge in [-0.2, -0.15) is 0 Å². The first-order valence-corrected chi connectivity index (χ1v) is 7.44. The summed E-state index contributed by atoms with van der Waals surface area (Å²) in [5.74, 6) is 0. The molecule has 17 heavy (non-hydrogen) atoms. The van der Waals surface area contributed by atoms with Gasteiger partial charge in [-0.25, -0.2) is 0 Å². The van der Waals surface area contributed by atoms with E-state index >= 15 is 0 Å². The van der Waals surface area contributed by atoms with Gasteiger partial charge in [0.05, 0.1) is 16.0 Å². The van der Waals surface area contributed by atoms with Crippen molar-refractivity contribution in [1.29, 1.82) is 0 Å². The van der Waals surface area contributed by atoms with Gasteiger partial charge >= 0.3 is 0 Å². The Morgan fingerprint density at radius 1 is 1.59 bits per heavy atom. The van der Waals surface area contributed by atoms with E-state index in [0.29, 0.717) is 0 Å². The summed E-state index contributed by atoms with van der Waals surface area (Å²) in [5.41, 5.74) is 0.909. The van der Waals surface area contributed by atoms with Crippen molar-refractivity contribution in [3.8, 4) is 0 Å². The average molecular weight is 294 g/mol. The van der Waals surface area contributed by atoms with Crippen LogP contribution in [0.3, 0.4) is 0 Å². The zero-order chi connectivity index (χ0) is 12.5. The monoisotopic (exact) mass is 293 g/mol. The summed E-state index contributed by atoms with van der Waals surface area (Å²) in [6.07, 6.45) is 2.17. The minimum atomic E-state index is -0.102. The van der Waals surface area contributed by atoms with Gasteiger partial charge in [0.2, 0.25) is 0 Å². The van der Waals surface area contributed by atoms with Crippen LogP contribution in [0.5, 0.6) is 0 Å². The maximum absolute atomic E-state index is 6.20. The van der Waals surface area contributed by atoms with Crippen LogP contribution in [0, 0.1) is 0 Å². The molecule has 2 rings (SSSR count). The lowest BCUT2D eigenvalue weighted by Crippen LogP contribution is -2.48. The lowest BCUT2D eigenvalue weighted by molar-refractivity contribution is -0.111. The van der Waals surface area contributed by atoms with E-state index < -0.39 is 0 Å². The Bertz CT molecular complexity index is 392. The fourth-order valence-corrected chi connectivity index (χ4v) is 3.87. The Hall–Kier alpha value is 0.200. The number of ether oxygens (including phenoxy) is 1. The minimum absolute atomic E-state index is 0.0107. The number of hydrogen-bond acceptors (Lipinski definition) is 3.